The first-order valence-electron chi connectivity index (χ1n) is 5.66. The minimum atomic E-state index is 0.329. The average molecular weight is 217 g/mol. The van der Waals surface area contributed by atoms with Gasteiger partial charge >= 0.3 is 0 Å². The van der Waals surface area contributed by atoms with Gasteiger partial charge in [0.1, 0.15) is 0 Å². The van der Waals surface area contributed by atoms with Crippen molar-refractivity contribution in [1.82, 2.24) is 9.80 Å². The molecular weight excluding hydrogens is 190 g/mol. The number of ether oxygens (including phenoxy) is 1. The van der Waals surface area contributed by atoms with Crippen LogP contribution in [0.3, 0.4) is 0 Å². The summed E-state index contributed by atoms with van der Waals surface area (Å²) in [6.45, 7) is 7.84. The van der Waals surface area contributed by atoms with E-state index in [4.69, 9.17) is 10.5 Å². The maximum atomic E-state index is 5.77. The third-order valence-corrected chi connectivity index (χ3v) is 2.66. The van der Waals surface area contributed by atoms with Gasteiger partial charge in [0.2, 0.25) is 0 Å². The van der Waals surface area contributed by atoms with Gasteiger partial charge < -0.3 is 15.4 Å². The van der Waals surface area contributed by atoms with Crippen LogP contribution in [0.4, 0.5) is 0 Å². The molecule has 0 aliphatic carbocycles. The summed E-state index contributed by atoms with van der Waals surface area (Å²) in [5.74, 6) is 0. The highest BCUT2D eigenvalue weighted by atomic mass is 16.5. The zero-order valence-electron chi connectivity index (χ0n) is 10.9. The minimum absolute atomic E-state index is 0.329. The Kier molecular flexibility index (Phi) is 7.96. The van der Waals surface area contributed by atoms with Crippen molar-refractivity contribution in [1.29, 1.82) is 0 Å². The molecule has 2 unspecified atom stereocenters. The molecule has 0 heterocycles. The molecule has 0 saturated heterocycles. The zero-order valence-corrected chi connectivity index (χ0v) is 10.9. The molecule has 0 aromatic heterocycles. The largest absolute Gasteiger partial charge is 0.383 e. The van der Waals surface area contributed by atoms with E-state index in [1.54, 1.807) is 7.11 Å². The zero-order chi connectivity index (χ0) is 11.8. The number of nitrogens with two attached hydrogens (primary N) is 1. The molecule has 15 heavy (non-hydrogen) atoms. The normalized spacial score (nSPS) is 16.0. The highest BCUT2D eigenvalue weighted by molar-refractivity contribution is 4.77. The summed E-state index contributed by atoms with van der Waals surface area (Å²) in [5.41, 5.74) is 5.77. The molecule has 0 radical (unpaired) electrons. The number of methoxy groups -OCH3 is 1. The van der Waals surface area contributed by atoms with Gasteiger partial charge in [0, 0.05) is 32.3 Å². The molecule has 0 bridgehead atoms. The Labute approximate surface area is 94.4 Å². The van der Waals surface area contributed by atoms with Crippen LogP contribution in [0, 0.1) is 0 Å². The monoisotopic (exact) mass is 217 g/mol. The van der Waals surface area contributed by atoms with Crippen molar-refractivity contribution in [2.75, 3.05) is 47.4 Å². The van der Waals surface area contributed by atoms with E-state index in [9.17, 15) is 0 Å². The summed E-state index contributed by atoms with van der Waals surface area (Å²) in [7, 11) is 5.92. The summed E-state index contributed by atoms with van der Waals surface area (Å²) in [5, 5.41) is 0. The van der Waals surface area contributed by atoms with E-state index >= 15 is 0 Å². The van der Waals surface area contributed by atoms with E-state index in [0.717, 1.165) is 13.1 Å². The van der Waals surface area contributed by atoms with Crippen molar-refractivity contribution >= 4 is 0 Å². The van der Waals surface area contributed by atoms with Gasteiger partial charge in [-0.3, -0.25) is 4.90 Å². The first kappa shape index (κ1) is 14.8. The Bertz CT molecular complexity index is 153. The summed E-state index contributed by atoms with van der Waals surface area (Å²) >= 11 is 0. The predicted octanol–water partition coefficient (Wildman–Crippen LogP) is 0.232. The van der Waals surface area contributed by atoms with Crippen LogP contribution in [-0.2, 0) is 4.74 Å². The maximum Gasteiger partial charge on any atom is 0.0630 e. The molecule has 0 aliphatic heterocycles. The molecule has 0 rings (SSSR count). The Morgan fingerprint density at radius 2 is 1.93 bits per heavy atom. The molecule has 0 aliphatic rings. The Hall–Kier alpha value is -0.160. The second-order valence-corrected chi connectivity index (χ2v) is 4.29. The molecule has 92 valence electrons. The molecule has 0 aromatic carbocycles. The van der Waals surface area contributed by atoms with Gasteiger partial charge in [-0.1, -0.05) is 6.92 Å². The summed E-state index contributed by atoms with van der Waals surface area (Å²) in [6, 6.07) is 0.837. The van der Waals surface area contributed by atoms with E-state index in [-0.39, 0.29) is 0 Å². The van der Waals surface area contributed by atoms with Gasteiger partial charge in [-0.05, 0) is 27.6 Å². The SMILES string of the molecule is CCN(C(C)CN(C)C)C(CN)COC. The highest BCUT2D eigenvalue weighted by Gasteiger charge is 2.21. The van der Waals surface area contributed by atoms with Gasteiger partial charge in [0.15, 0.2) is 0 Å². The Balaban J connectivity index is 4.28. The van der Waals surface area contributed by atoms with Crippen LogP contribution >= 0.6 is 0 Å². The van der Waals surface area contributed by atoms with Crippen LogP contribution in [-0.4, -0.2) is 69.3 Å². The molecule has 2 N–H and O–H groups in total. The number of hydrogen-bond acceptors (Lipinski definition) is 4. The Morgan fingerprint density at radius 3 is 2.27 bits per heavy atom. The van der Waals surface area contributed by atoms with Gasteiger partial charge in [-0.2, -0.15) is 0 Å². The van der Waals surface area contributed by atoms with Gasteiger partial charge in [-0.25, -0.2) is 0 Å². The molecule has 2 atom stereocenters. The lowest BCUT2D eigenvalue weighted by atomic mass is 10.2. The molecule has 4 nitrogen and oxygen atoms in total. The number of hydrogen-bond donors (Lipinski definition) is 1. The van der Waals surface area contributed by atoms with Crippen molar-refractivity contribution in [3.8, 4) is 0 Å². The lowest BCUT2D eigenvalue weighted by molar-refractivity contribution is 0.0645. The molecule has 0 aromatic rings. The fraction of sp³-hybridized carbons (Fsp3) is 1.00. The smallest absolute Gasteiger partial charge is 0.0630 e. The lowest BCUT2D eigenvalue weighted by Crippen LogP contribution is -2.50. The first-order valence-corrected chi connectivity index (χ1v) is 5.66. The van der Waals surface area contributed by atoms with Crippen molar-refractivity contribution in [3.63, 3.8) is 0 Å². The van der Waals surface area contributed by atoms with Crippen molar-refractivity contribution < 1.29 is 4.74 Å². The lowest BCUT2D eigenvalue weighted by Gasteiger charge is -2.35. The maximum absolute atomic E-state index is 5.77. The fourth-order valence-corrected chi connectivity index (χ4v) is 2.05. The van der Waals surface area contributed by atoms with Crippen molar-refractivity contribution in [2.45, 2.75) is 25.9 Å². The van der Waals surface area contributed by atoms with Crippen LogP contribution in [0.15, 0.2) is 0 Å². The quantitative estimate of drug-likeness (QED) is 0.632. The summed E-state index contributed by atoms with van der Waals surface area (Å²) in [6.07, 6.45) is 0. The number of likely N-dealkylation sites (N-methyl/N-ethyl adjacent to an activating group) is 2. The van der Waals surface area contributed by atoms with Gasteiger partial charge in [0.05, 0.1) is 6.61 Å². The van der Waals surface area contributed by atoms with Gasteiger partial charge in [0.25, 0.3) is 0 Å². The van der Waals surface area contributed by atoms with E-state index in [2.05, 4.69) is 37.7 Å². The van der Waals surface area contributed by atoms with E-state index in [0.29, 0.717) is 25.2 Å². The molecule has 0 fully saturated rings. The first-order chi connectivity index (χ1) is 7.06. The Morgan fingerprint density at radius 1 is 1.33 bits per heavy atom. The van der Waals surface area contributed by atoms with Crippen molar-refractivity contribution in [2.24, 2.45) is 5.73 Å². The van der Waals surface area contributed by atoms with Gasteiger partial charge in [-0.15, -0.1) is 0 Å². The third-order valence-electron chi connectivity index (χ3n) is 2.66. The van der Waals surface area contributed by atoms with Crippen LogP contribution < -0.4 is 5.73 Å². The summed E-state index contributed by atoms with van der Waals surface area (Å²) in [4.78, 5) is 4.61. The van der Waals surface area contributed by atoms with E-state index in [1.165, 1.54) is 0 Å². The van der Waals surface area contributed by atoms with E-state index < -0.39 is 0 Å². The molecule has 0 amide bonds. The highest BCUT2D eigenvalue weighted by Crippen LogP contribution is 2.06. The van der Waals surface area contributed by atoms with Crippen LogP contribution in [0.2, 0.25) is 0 Å². The second kappa shape index (κ2) is 8.05. The molecule has 0 saturated carbocycles. The topological polar surface area (TPSA) is 41.7 Å². The number of rotatable bonds is 8. The molecule has 0 spiro atoms. The average Bonchev–Trinajstić information content (AvgIpc) is 2.16. The van der Waals surface area contributed by atoms with Crippen LogP contribution in [0.25, 0.3) is 0 Å². The predicted molar refractivity (Wildman–Crippen MR) is 65.1 cm³/mol. The van der Waals surface area contributed by atoms with Crippen LogP contribution in [0.1, 0.15) is 13.8 Å². The second-order valence-electron chi connectivity index (χ2n) is 4.29. The summed E-state index contributed by atoms with van der Waals surface area (Å²) < 4.78 is 5.20. The fourth-order valence-electron chi connectivity index (χ4n) is 2.05. The molecule has 4 heteroatoms. The number of nitrogens with zero attached hydrogens (tertiary/aromatic N) is 2. The standard InChI is InChI=1S/C11H27N3O/c1-6-14(10(2)8-13(3)4)11(7-12)9-15-5/h10-11H,6-9,12H2,1-5H3. The van der Waals surface area contributed by atoms with E-state index in [1.807, 2.05) is 0 Å². The molecular formula is C11H27N3O. The minimum Gasteiger partial charge on any atom is -0.383 e. The van der Waals surface area contributed by atoms with Crippen molar-refractivity contribution in [3.05, 3.63) is 0 Å². The van der Waals surface area contributed by atoms with Crippen LogP contribution in [0.5, 0.6) is 0 Å². The third kappa shape index (κ3) is 5.47.